The molecule has 0 aliphatic carbocycles. The molecule has 0 aliphatic heterocycles. The summed E-state index contributed by atoms with van der Waals surface area (Å²) in [6, 6.07) is 12.8. The van der Waals surface area contributed by atoms with Crippen LogP contribution in [0.5, 0.6) is 0 Å². The first-order chi connectivity index (χ1) is 11.8. The van der Waals surface area contributed by atoms with Crippen molar-refractivity contribution >= 4 is 21.6 Å². The van der Waals surface area contributed by atoms with E-state index in [1.54, 1.807) is 31.3 Å². The molecule has 0 saturated carbocycles. The van der Waals surface area contributed by atoms with Crippen molar-refractivity contribution < 1.29 is 17.6 Å². The molecule has 0 bridgehead atoms. The second-order valence-corrected chi connectivity index (χ2v) is 7.58. The van der Waals surface area contributed by atoms with Gasteiger partial charge in [0.1, 0.15) is 17.3 Å². The third kappa shape index (κ3) is 3.80. The number of amides is 1. The highest BCUT2D eigenvalue weighted by Gasteiger charge is 2.19. The van der Waals surface area contributed by atoms with Gasteiger partial charge in [0.25, 0.3) is 5.91 Å². The Morgan fingerprint density at radius 2 is 1.92 bits per heavy atom. The van der Waals surface area contributed by atoms with Crippen LogP contribution in [0, 0.1) is 6.92 Å². The molecule has 1 amide bonds. The lowest BCUT2D eigenvalue weighted by atomic mass is 10.4. The number of benzene rings is 1. The number of furan rings is 1. The molecular formula is C17H17N3O4S. The molecule has 8 heteroatoms. The van der Waals surface area contributed by atoms with E-state index in [2.05, 4.69) is 10.4 Å². The number of hydrogen-bond donors (Lipinski definition) is 1. The number of nitrogens with one attached hydrogen (secondary N) is 1. The smallest absolute Gasteiger partial charge is 0.292 e. The zero-order valence-corrected chi connectivity index (χ0v) is 14.6. The van der Waals surface area contributed by atoms with Gasteiger partial charge in [-0.05, 0) is 31.2 Å². The molecule has 0 atom stereocenters. The van der Waals surface area contributed by atoms with Gasteiger partial charge in [-0.1, -0.05) is 18.2 Å². The van der Waals surface area contributed by atoms with E-state index in [1.165, 1.54) is 28.9 Å². The maximum absolute atomic E-state index is 12.3. The largest absolute Gasteiger partial charge is 0.455 e. The summed E-state index contributed by atoms with van der Waals surface area (Å²) in [4.78, 5) is 12.4. The SMILES string of the molecule is Cc1cc(NC(=O)c2ccc(CS(=O)(=O)c3ccccc3)o2)n(C)n1. The minimum atomic E-state index is -3.53. The summed E-state index contributed by atoms with van der Waals surface area (Å²) in [7, 11) is -1.82. The van der Waals surface area contributed by atoms with E-state index in [4.69, 9.17) is 4.42 Å². The first-order valence-corrected chi connectivity index (χ1v) is 9.19. The van der Waals surface area contributed by atoms with Crippen molar-refractivity contribution in [2.75, 3.05) is 5.32 Å². The molecule has 7 nitrogen and oxygen atoms in total. The summed E-state index contributed by atoms with van der Waals surface area (Å²) in [5.41, 5.74) is 0.770. The molecule has 0 aliphatic rings. The van der Waals surface area contributed by atoms with Gasteiger partial charge in [0.2, 0.25) is 0 Å². The Morgan fingerprint density at radius 3 is 2.56 bits per heavy atom. The van der Waals surface area contributed by atoms with E-state index in [-0.39, 0.29) is 22.2 Å². The Bertz CT molecular complexity index is 1000. The van der Waals surface area contributed by atoms with Crippen LogP contribution in [-0.2, 0) is 22.6 Å². The Hall–Kier alpha value is -2.87. The van der Waals surface area contributed by atoms with E-state index in [0.717, 1.165) is 5.69 Å². The summed E-state index contributed by atoms with van der Waals surface area (Å²) in [5.74, 6) is -0.00853. The Balaban J connectivity index is 1.74. The fourth-order valence-corrected chi connectivity index (χ4v) is 3.65. The molecular weight excluding hydrogens is 342 g/mol. The van der Waals surface area contributed by atoms with E-state index in [9.17, 15) is 13.2 Å². The fourth-order valence-electron chi connectivity index (χ4n) is 2.38. The lowest BCUT2D eigenvalue weighted by molar-refractivity contribution is 0.0994. The fraction of sp³-hybridized carbons (Fsp3) is 0.176. The molecule has 0 unspecified atom stereocenters. The van der Waals surface area contributed by atoms with Gasteiger partial charge >= 0.3 is 0 Å². The van der Waals surface area contributed by atoms with Crippen LogP contribution in [0.4, 0.5) is 5.82 Å². The monoisotopic (exact) mass is 359 g/mol. The van der Waals surface area contributed by atoms with Crippen molar-refractivity contribution in [3.05, 3.63) is 65.7 Å². The van der Waals surface area contributed by atoms with Crippen molar-refractivity contribution in [2.45, 2.75) is 17.6 Å². The topological polar surface area (TPSA) is 94.2 Å². The molecule has 0 radical (unpaired) electrons. The first kappa shape index (κ1) is 17.0. The van der Waals surface area contributed by atoms with Crippen LogP contribution in [0.25, 0.3) is 0 Å². The number of sulfone groups is 1. The number of aryl methyl sites for hydroxylation is 2. The number of aromatic nitrogens is 2. The molecule has 0 fully saturated rings. The summed E-state index contributed by atoms with van der Waals surface area (Å²) in [6.07, 6.45) is 0. The van der Waals surface area contributed by atoms with Crippen LogP contribution in [0.3, 0.4) is 0 Å². The molecule has 0 spiro atoms. The Kier molecular flexibility index (Phi) is 4.45. The van der Waals surface area contributed by atoms with Gasteiger partial charge < -0.3 is 9.73 Å². The van der Waals surface area contributed by atoms with E-state index >= 15 is 0 Å². The lowest BCUT2D eigenvalue weighted by Crippen LogP contribution is -2.13. The Morgan fingerprint density at radius 1 is 1.20 bits per heavy atom. The molecule has 3 aromatic rings. The summed E-state index contributed by atoms with van der Waals surface area (Å²) >= 11 is 0. The standard InChI is InChI=1S/C17H17N3O4S/c1-12-10-16(20(2)19-12)18-17(21)15-9-8-13(24-15)11-25(22,23)14-6-4-3-5-7-14/h3-10H,11H2,1-2H3,(H,18,21). The van der Waals surface area contributed by atoms with Gasteiger partial charge in [-0.25, -0.2) is 8.42 Å². The zero-order chi connectivity index (χ0) is 18.0. The van der Waals surface area contributed by atoms with Crippen LogP contribution in [-0.4, -0.2) is 24.1 Å². The van der Waals surface area contributed by atoms with E-state index in [1.807, 2.05) is 6.92 Å². The minimum Gasteiger partial charge on any atom is -0.455 e. The van der Waals surface area contributed by atoms with Crippen LogP contribution >= 0.6 is 0 Å². The predicted octanol–water partition coefficient (Wildman–Crippen LogP) is 2.55. The van der Waals surface area contributed by atoms with Crippen molar-refractivity contribution in [1.82, 2.24) is 9.78 Å². The maximum Gasteiger partial charge on any atom is 0.292 e. The summed E-state index contributed by atoms with van der Waals surface area (Å²) < 4.78 is 31.6. The van der Waals surface area contributed by atoms with Gasteiger partial charge in [-0.15, -0.1) is 0 Å². The number of anilines is 1. The normalized spacial score (nSPS) is 11.4. The van der Waals surface area contributed by atoms with Crippen LogP contribution in [0.15, 0.2) is 57.8 Å². The minimum absolute atomic E-state index is 0.0390. The molecule has 3 rings (SSSR count). The third-order valence-corrected chi connectivity index (χ3v) is 5.22. The number of hydrogen-bond acceptors (Lipinski definition) is 5. The van der Waals surface area contributed by atoms with Gasteiger partial charge in [-0.2, -0.15) is 5.10 Å². The van der Waals surface area contributed by atoms with Gasteiger partial charge in [0.05, 0.1) is 10.6 Å². The van der Waals surface area contributed by atoms with Crippen molar-refractivity contribution in [1.29, 1.82) is 0 Å². The number of carbonyl (C=O) groups is 1. The van der Waals surface area contributed by atoms with E-state index < -0.39 is 15.7 Å². The average Bonchev–Trinajstić information content (AvgIpc) is 3.14. The van der Waals surface area contributed by atoms with Crippen LogP contribution in [0.1, 0.15) is 22.0 Å². The summed E-state index contributed by atoms with van der Waals surface area (Å²) in [6.45, 7) is 1.81. The second kappa shape index (κ2) is 6.56. The number of nitrogens with zero attached hydrogens (tertiary/aromatic N) is 2. The average molecular weight is 359 g/mol. The van der Waals surface area contributed by atoms with Crippen molar-refractivity contribution in [3.63, 3.8) is 0 Å². The zero-order valence-electron chi connectivity index (χ0n) is 13.8. The predicted molar refractivity (Wildman–Crippen MR) is 91.9 cm³/mol. The molecule has 25 heavy (non-hydrogen) atoms. The third-order valence-electron chi connectivity index (χ3n) is 3.56. The quantitative estimate of drug-likeness (QED) is 0.755. The van der Waals surface area contributed by atoms with Gasteiger partial charge in [-0.3, -0.25) is 9.48 Å². The van der Waals surface area contributed by atoms with E-state index in [0.29, 0.717) is 5.82 Å². The first-order valence-electron chi connectivity index (χ1n) is 7.54. The molecule has 2 aromatic heterocycles. The number of rotatable bonds is 5. The molecule has 2 heterocycles. The summed E-state index contributed by atoms with van der Waals surface area (Å²) in [5, 5.41) is 6.81. The molecule has 1 aromatic carbocycles. The molecule has 0 saturated heterocycles. The lowest BCUT2D eigenvalue weighted by Gasteiger charge is -2.03. The second-order valence-electron chi connectivity index (χ2n) is 5.59. The number of carbonyl (C=O) groups excluding carboxylic acids is 1. The Labute approximate surface area is 145 Å². The highest BCUT2D eigenvalue weighted by atomic mass is 32.2. The van der Waals surface area contributed by atoms with Crippen LogP contribution in [0.2, 0.25) is 0 Å². The maximum atomic E-state index is 12.3. The highest BCUT2D eigenvalue weighted by Crippen LogP contribution is 2.19. The molecule has 130 valence electrons. The van der Waals surface area contributed by atoms with Crippen LogP contribution < -0.4 is 5.32 Å². The molecule has 1 N–H and O–H groups in total. The highest BCUT2D eigenvalue weighted by molar-refractivity contribution is 7.90. The van der Waals surface area contributed by atoms with Crippen molar-refractivity contribution in [2.24, 2.45) is 7.05 Å². The van der Waals surface area contributed by atoms with Gasteiger partial charge in [0.15, 0.2) is 15.6 Å². The van der Waals surface area contributed by atoms with Gasteiger partial charge in [0, 0.05) is 13.1 Å². The van der Waals surface area contributed by atoms with Crippen molar-refractivity contribution in [3.8, 4) is 0 Å².